The molecule has 11 heteroatoms. The normalized spacial score (nSPS) is 15.5. The van der Waals surface area contributed by atoms with E-state index in [1.807, 2.05) is 6.92 Å². The van der Waals surface area contributed by atoms with Gasteiger partial charge in [-0.1, -0.05) is 19.3 Å². The van der Waals surface area contributed by atoms with Crippen LogP contribution < -0.4 is 16.0 Å². The van der Waals surface area contributed by atoms with Crippen molar-refractivity contribution < 1.29 is 31.9 Å². The maximum atomic E-state index is 13.9. The van der Waals surface area contributed by atoms with E-state index in [2.05, 4.69) is 16.2 Å². The average Bonchev–Trinajstić information content (AvgIpc) is 3.37. The second-order valence-corrected chi connectivity index (χ2v) is 8.71. The molecule has 3 rings (SSSR count). The molecule has 1 fully saturated rings. The van der Waals surface area contributed by atoms with Gasteiger partial charge in [0.1, 0.15) is 23.4 Å². The molecule has 1 aromatic heterocycles. The number of nitrogens with one attached hydrogen (secondary N) is 1. The third kappa shape index (κ3) is 7.03. The van der Waals surface area contributed by atoms with E-state index >= 15 is 0 Å². The number of carbonyl (C=O) groups is 2. The van der Waals surface area contributed by atoms with Crippen LogP contribution in [0.2, 0.25) is 0 Å². The Labute approximate surface area is 218 Å². The van der Waals surface area contributed by atoms with Gasteiger partial charge in [-0.2, -0.15) is 13.2 Å². The van der Waals surface area contributed by atoms with Crippen molar-refractivity contribution in [3.8, 4) is 12.3 Å². The summed E-state index contributed by atoms with van der Waals surface area (Å²) in [5.74, 6) is 0.369. The number of hydrogen-bond acceptors (Lipinski definition) is 6. The molecule has 1 amide bonds. The van der Waals surface area contributed by atoms with Gasteiger partial charge in [0.05, 0.1) is 17.9 Å². The first-order valence-corrected chi connectivity index (χ1v) is 12.1. The number of nitrogens with zero attached hydrogens (tertiary/aromatic N) is 2. The first-order chi connectivity index (χ1) is 18.0. The summed E-state index contributed by atoms with van der Waals surface area (Å²) in [6.07, 6.45) is 5.52. The van der Waals surface area contributed by atoms with Crippen molar-refractivity contribution in [3.63, 3.8) is 0 Å². The first-order valence-electron chi connectivity index (χ1n) is 12.1. The summed E-state index contributed by atoms with van der Waals surface area (Å²) in [4.78, 5) is 30.3. The Morgan fingerprint density at radius 3 is 2.79 bits per heavy atom. The van der Waals surface area contributed by atoms with Gasteiger partial charge < -0.3 is 20.7 Å². The molecule has 0 spiro atoms. The molecule has 2 heterocycles. The van der Waals surface area contributed by atoms with Crippen LogP contribution in [0.1, 0.15) is 55.0 Å². The molecule has 1 aromatic carbocycles. The molecule has 1 atom stereocenters. The highest BCUT2D eigenvalue weighted by molar-refractivity contribution is 5.92. The second kappa shape index (κ2) is 12.4. The number of amides is 1. The Balaban J connectivity index is 1.81. The van der Waals surface area contributed by atoms with Gasteiger partial charge in [0.2, 0.25) is 5.91 Å². The second-order valence-electron chi connectivity index (χ2n) is 8.71. The minimum atomic E-state index is -4.70. The number of ether oxygens (including phenoxy) is 1. The predicted octanol–water partition coefficient (Wildman–Crippen LogP) is 4.44. The molecule has 1 saturated heterocycles. The largest absolute Gasteiger partial charge is 0.464 e. The van der Waals surface area contributed by atoms with Crippen LogP contribution >= 0.6 is 0 Å². The number of aromatic nitrogens is 1. The van der Waals surface area contributed by atoms with E-state index in [4.69, 9.17) is 16.9 Å². The van der Waals surface area contributed by atoms with Crippen LogP contribution in [0, 0.1) is 18.2 Å². The summed E-state index contributed by atoms with van der Waals surface area (Å²) < 4.78 is 59.5. The highest BCUT2D eigenvalue weighted by Gasteiger charge is 2.37. The van der Waals surface area contributed by atoms with Crippen molar-refractivity contribution >= 4 is 29.5 Å². The fourth-order valence-corrected chi connectivity index (χ4v) is 3.96. The van der Waals surface area contributed by atoms with E-state index < -0.39 is 35.6 Å². The molecule has 0 radical (unpaired) electrons. The molecule has 1 aliphatic heterocycles. The quantitative estimate of drug-likeness (QED) is 0.124. The number of anilines is 2. The molecule has 7 nitrogen and oxygen atoms in total. The molecule has 1 aliphatic rings. The third-order valence-electron chi connectivity index (χ3n) is 5.96. The number of terminal acetylenes is 1. The maximum Gasteiger partial charge on any atom is 0.433 e. The number of unbranched alkanes of at least 4 members (excludes halogenated alkanes) is 1. The average molecular weight is 533 g/mol. The first kappa shape index (κ1) is 28.5. The Morgan fingerprint density at radius 2 is 2.11 bits per heavy atom. The number of esters is 1. The standard InChI is InChI=1S/C27H28F4N4O3/c1-3-5-13-38-26(37)21-7-6-12-35(21)25-19(8-10-22(34-25)27(29,30)31)9-11-23(36)33-16-17-14-18(4-2)24(32)20(28)15-17/h2,8-11,14-15,21H,3,5-7,12-13,16,32H2,1H3,(H,33,36)/b11-9+/t21-/m0/s1. The number of hydrogen-bond donors (Lipinski definition) is 2. The Morgan fingerprint density at radius 1 is 1.34 bits per heavy atom. The van der Waals surface area contributed by atoms with Crippen LogP contribution in [0.15, 0.2) is 30.3 Å². The lowest BCUT2D eigenvalue weighted by molar-refractivity contribution is -0.145. The zero-order valence-electron chi connectivity index (χ0n) is 20.8. The molecule has 0 aliphatic carbocycles. The lowest BCUT2D eigenvalue weighted by Crippen LogP contribution is -2.38. The summed E-state index contributed by atoms with van der Waals surface area (Å²) in [7, 11) is 0. The highest BCUT2D eigenvalue weighted by atomic mass is 19.4. The van der Waals surface area contributed by atoms with Gasteiger partial charge in [-0.15, -0.1) is 6.42 Å². The Kier molecular flexibility index (Phi) is 9.34. The van der Waals surface area contributed by atoms with Crippen molar-refractivity contribution in [1.82, 2.24) is 10.3 Å². The molecule has 202 valence electrons. The number of nitrogen functional groups attached to an aromatic ring is 1. The summed E-state index contributed by atoms with van der Waals surface area (Å²) in [5.41, 5.74) is 5.03. The zero-order valence-corrected chi connectivity index (χ0v) is 20.8. The van der Waals surface area contributed by atoms with Crippen LogP contribution in [0.4, 0.5) is 29.1 Å². The van der Waals surface area contributed by atoms with Gasteiger partial charge in [-0.3, -0.25) is 4.79 Å². The molecule has 3 N–H and O–H groups in total. The van der Waals surface area contributed by atoms with Gasteiger partial charge >= 0.3 is 12.1 Å². The predicted molar refractivity (Wildman–Crippen MR) is 135 cm³/mol. The lowest BCUT2D eigenvalue weighted by Gasteiger charge is -2.26. The van der Waals surface area contributed by atoms with Gasteiger partial charge in [0.15, 0.2) is 0 Å². The van der Waals surface area contributed by atoms with E-state index in [9.17, 15) is 27.2 Å². The summed E-state index contributed by atoms with van der Waals surface area (Å²) in [6.45, 7) is 2.41. The minimum Gasteiger partial charge on any atom is -0.464 e. The summed E-state index contributed by atoms with van der Waals surface area (Å²) in [6, 6.07) is 3.83. The number of pyridine rings is 1. The van der Waals surface area contributed by atoms with Crippen molar-refractivity contribution in [2.75, 3.05) is 23.8 Å². The number of benzene rings is 1. The molecule has 0 unspecified atom stereocenters. The lowest BCUT2D eigenvalue weighted by atomic mass is 10.1. The fourth-order valence-electron chi connectivity index (χ4n) is 3.96. The van der Waals surface area contributed by atoms with E-state index in [1.165, 1.54) is 23.1 Å². The van der Waals surface area contributed by atoms with E-state index in [1.54, 1.807) is 0 Å². The number of nitrogens with two attached hydrogens (primary N) is 1. The van der Waals surface area contributed by atoms with Gasteiger partial charge in [-0.05, 0) is 55.2 Å². The summed E-state index contributed by atoms with van der Waals surface area (Å²) >= 11 is 0. The van der Waals surface area contributed by atoms with Crippen LogP contribution in [-0.4, -0.2) is 36.1 Å². The summed E-state index contributed by atoms with van der Waals surface area (Å²) in [5, 5.41) is 2.56. The van der Waals surface area contributed by atoms with Crippen molar-refractivity contribution in [1.29, 1.82) is 0 Å². The van der Waals surface area contributed by atoms with Crippen LogP contribution in [0.25, 0.3) is 6.08 Å². The molecule has 0 saturated carbocycles. The Hall–Kier alpha value is -4.07. The number of rotatable bonds is 9. The van der Waals surface area contributed by atoms with Crippen LogP contribution in [0.5, 0.6) is 0 Å². The number of halogens is 4. The van der Waals surface area contributed by atoms with E-state index in [-0.39, 0.29) is 35.8 Å². The molecule has 2 aromatic rings. The topological polar surface area (TPSA) is 97.5 Å². The van der Waals surface area contributed by atoms with Gasteiger partial charge in [-0.25, -0.2) is 14.2 Å². The minimum absolute atomic E-state index is 0.0645. The monoisotopic (exact) mass is 532 g/mol. The highest BCUT2D eigenvalue weighted by Crippen LogP contribution is 2.34. The number of alkyl halides is 3. The SMILES string of the molecule is C#Cc1cc(CNC(=O)/C=C/c2ccc(C(F)(F)F)nc2N2CCC[C@H]2C(=O)OCCCC)cc(F)c1N. The van der Waals surface area contributed by atoms with E-state index in [0.29, 0.717) is 31.4 Å². The molecular formula is C27H28F4N4O3. The Bertz CT molecular complexity index is 1250. The smallest absolute Gasteiger partial charge is 0.433 e. The maximum absolute atomic E-state index is 13.9. The molecule has 38 heavy (non-hydrogen) atoms. The third-order valence-corrected chi connectivity index (χ3v) is 5.96. The van der Waals surface area contributed by atoms with E-state index in [0.717, 1.165) is 24.6 Å². The fraction of sp³-hybridized carbons (Fsp3) is 0.370. The van der Waals surface area contributed by atoms with Gasteiger partial charge in [0.25, 0.3) is 0 Å². The van der Waals surface area contributed by atoms with Crippen molar-refractivity contribution in [3.05, 3.63) is 58.5 Å². The molecule has 0 bridgehead atoms. The van der Waals surface area contributed by atoms with Gasteiger partial charge in [0, 0.05) is 24.7 Å². The number of carbonyl (C=O) groups excluding carboxylic acids is 2. The van der Waals surface area contributed by atoms with Crippen LogP contribution in [0.3, 0.4) is 0 Å². The van der Waals surface area contributed by atoms with Crippen molar-refractivity contribution in [2.24, 2.45) is 0 Å². The van der Waals surface area contributed by atoms with Crippen LogP contribution in [-0.2, 0) is 27.0 Å². The van der Waals surface area contributed by atoms with Crippen molar-refractivity contribution in [2.45, 2.75) is 51.4 Å². The zero-order chi connectivity index (χ0) is 27.9. The molecular weight excluding hydrogens is 504 g/mol.